The Morgan fingerprint density at radius 3 is 1.69 bits per heavy atom. The molecule has 2 aromatic heterocycles. The summed E-state index contributed by atoms with van der Waals surface area (Å²) < 4.78 is 0. The van der Waals surface area contributed by atoms with Gasteiger partial charge in [0, 0.05) is 12.4 Å². The van der Waals surface area contributed by atoms with Crippen molar-refractivity contribution in [1.82, 2.24) is 24.8 Å². The SMILES string of the molecule is CCCCCCCN(CCCc1c[nH]c(C)n1)CCCc1c[nH]c(C)n1. The van der Waals surface area contributed by atoms with Crippen LogP contribution in [0.2, 0.25) is 0 Å². The smallest absolute Gasteiger partial charge is 0.103 e. The maximum atomic E-state index is 4.52. The maximum Gasteiger partial charge on any atom is 0.103 e. The molecule has 0 amide bonds. The first-order valence-electron chi connectivity index (χ1n) is 10.4. The lowest BCUT2D eigenvalue weighted by atomic mass is 10.1. The van der Waals surface area contributed by atoms with Crippen molar-refractivity contribution in [3.63, 3.8) is 0 Å². The second-order valence-electron chi connectivity index (χ2n) is 7.42. The standard InChI is InChI=1S/C21H37N5/c1-4-5-6-7-8-13-26(14-9-11-20-16-22-18(2)24-20)15-10-12-21-17-23-19(3)25-21/h16-17H,4-15H2,1-3H3,(H,22,24)(H,23,25). The van der Waals surface area contributed by atoms with E-state index in [2.05, 4.69) is 31.8 Å². The van der Waals surface area contributed by atoms with E-state index in [1.54, 1.807) is 0 Å². The zero-order valence-electron chi connectivity index (χ0n) is 17.0. The molecule has 0 saturated heterocycles. The summed E-state index contributed by atoms with van der Waals surface area (Å²) in [4.78, 5) is 18.0. The molecule has 146 valence electrons. The van der Waals surface area contributed by atoms with Crippen LogP contribution in [0, 0.1) is 13.8 Å². The van der Waals surface area contributed by atoms with E-state index in [9.17, 15) is 0 Å². The average Bonchev–Trinajstić information content (AvgIpc) is 3.22. The Kier molecular flexibility index (Phi) is 9.46. The quantitative estimate of drug-likeness (QED) is 0.485. The highest BCUT2D eigenvalue weighted by Gasteiger charge is 2.07. The van der Waals surface area contributed by atoms with Crippen molar-refractivity contribution in [2.45, 2.75) is 78.6 Å². The molecule has 0 saturated carbocycles. The van der Waals surface area contributed by atoms with Gasteiger partial charge in [0.05, 0.1) is 11.4 Å². The number of hydrogen-bond acceptors (Lipinski definition) is 3. The first-order valence-corrected chi connectivity index (χ1v) is 10.4. The summed E-state index contributed by atoms with van der Waals surface area (Å²) in [6.45, 7) is 9.87. The summed E-state index contributed by atoms with van der Waals surface area (Å²) in [7, 11) is 0. The Morgan fingerprint density at radius 2 is 1.23 bits per heavy atom. The Bertz CT molecular complexity index is 555. The topological polar surface area (TPSA) is 60.6 Å². The lowest BCUT2D eigenvalue weighted by Crippen LogP contribution is -2.28. The highest BCUT2D eigenvalue weighted by atomic mass is 15.1. The first-order chi connectivity index (χ1) is 12.7. The Hall–Kier alpha value is -1.62. The van der Waals surface area contributed by atoms with Crippen LogP contribution in [0.4, 0.5) is 0 Å². The summed E-state index contributed by atoms with van der Waals surface area (Å²) in [6.07, 6.45) is 15.3. The molecule has 2 rings (SSSR count). The van der Waals surface area contributed by atoms with E-state index in [1.807, 2.05) is 26.2 Å². The number of aromatic nitrogens is 4. The van der Waals surface area contributed by atoms with Crippen molar-refractivity contribution < 1.29 is 0 Å². The number of hydrogen-bond donors (Lipinski definition) is 2. The molecule has 26 heavy (non-hydrogen) atoms. The number of aryl methyl sites for hydroxylation is 4. The van der Waals surface area contributed by atoms with Gasteiger partial charge in [-0.05, 0) is 65.6 Å². The van der Waals surface area contributed by atoms with Gasteiger partial charge in [0.15, 0.2) is 0 Å². The van der Waals surface area contributed by atoms with Crippen LogP contribution in [0.15, 0.2) is 12.4 Å². The van der Waals surface area contributed by atoms with Crippen LogP contribution in [-0.4, -0.2) is 44.5 Å². The molecule has 0 atom stereocenters. The lowest BCUT2D eigenvalue weighted by molar-refractivity contribution is 0.260. The molecule has 2 aromatic rings. The molecule has 0 radical (unpaired) electrons. The number of H-pyrrole nitrogens is 2. The molecule has 2 heterocycles. The number of rotatable bonds is 14. The van der Waals surface area contributed by atoms with E-state index in [4.69, 9.17) is 0 Å². The minimum absolute atomic E-state index is 1.02. The lowest BCUT2D eigenvalue weighted by Gasteiger charge is -2.22. The van der Waals surface area contributed by atoms with Gasteiger partial charge in [0.25, 0.3) is 0 Å². The van der Waals surface area contributed by atoms with Gasteiger partial charge in [-0.2, -0.15) is 0 Å². The van der Waals surface area contributed by atoms with Gasteiger partial charge in [-0.15, -0.1) is 0 Å². The fraction of sp³-hybridized carbons (Fsp3) is 0.714. The second-order valence-corrected chi connectivity index (χ2v) is 7.42. The van der Waals surface area contributed by atoms with Crippen molar-refractivity contribution >= 4 is 0 Å². The summed E-state index contributed by atoms with van der Waals surface area (Å²) >= 11 is 0. The Balaban J connectivity index is 1.70. The second kappa shape index (κ2) is 11.9. The Morgan fingerprint density at radius 1 is 0.731 bits per heavy atom. The molecule has 0 aliphatic heterocycles. The normalized spacial score (nSPS) is 11.5. The zero-order chi connectivity index (χ0) is 18.6. The fourth-order valence-corrected chi connectivity index (χ4v) is 3.43. The van der Waals surface area contributed by atoms with Crippen molar-refractivity contribution in [3.8, 4) is 0 Å². The number of nitrogens with zero attached hydrogens (tertiary/aromatic N) is 3. The van der Waals surface area contributed by atoms with Crippen LogP contribution >= 0.6 is 0 Å². The molecule has 0 unspecified atom stereocenters. The molecule has 0 bridgehead atoms. The van der Waals surface area contributed by atoms with Gasteiger partial charge in [0.2, 0.25) is 0 Å². The number of unbranched alkanes of at least 4 members (excludes halogenated alkanes) is 4. The van der Waals surface area contributed by atoms with Gasteiger partial charge in [0.1, 0.15) is 11.6 Å². The van der Waals surface area contributed by atoms with Gasteiger partial charge < -0.3 is 14.9 Å². The molecule has 5 heteroatoms. The minimum Gasteiger partial charge on any atom is -0.349 e. The van der Waals surface area contributed by atoms with E-state index < -0.39 is 0 Å². The van der Waals surface area contributed by atoms with E-state index in [1.165, 1.54) is 76.0 Å². The highest BCUT2D eigenvalue weighted by molar-refractivity contribution is 5.00. The monoisotopic (exact) mass is 359 g/mol. The largest absolute Gasteiger partial charge is 0.349 e. The number of nitrogens with one attached hydrogen (secondary N) is 2. The summed E-state index contributed by atoms with van der Waals surface area (Å²) in [5, 5.41) is 0. The molecule has 0 aliphatic rings. The molecule has 0 spiro atoms. The highest BCUT2D eigenvalue weighted by Crippen LogP contribution is 2.08. The van der Waals surface area contributed by atoms with E-state index in [0.717, 1.165) is 24.5 Å². The summed E-state index contributed by atoms with van der Waals surface area (Å²) in [5.74, 6) is 2.03. The third kappa shape index (κ3) is 8.17. The zero-order valence-corrected chi connectivity index (χ0v) is 17.0. The molecule has 5 nitrogen and oxygen atoms in total. The van der Waals surface area contributed by atoms with E-state index in [-0.39, 0.29) is 0 Å². The van der Waals surface area contributed by atoms with Crippen LogP contribution in [0.3, 0.4) is 0 Å². The van der Waals surface area contributed by atoms with Crippen molar-refractivity contribution in [2.24, 2.45) is 0 Å². The molecule has 0 aliphatic carbocycles. The number of aromatic amines is 2. The third-order valence-electron chi connectivity index (χ3n) is 4.91. The maximum absolute atomic E-state index is 4.52. The third-order valence-corrected chi connectivity index (χ3v) is 4.91. The predicted molar refractivity (Wildman–Crippen MR) is 108 cm³/mol. The van der Waals surface area contributed by atoms with Crippen molar-refractivity contribution in [2.75, 3.05) is 19.6 Å². The average molecular weight is 360 g/mol. The van der Waals surface area contributed by atoms with Gasteiger partial charge >= 0.3 is 0 Å². The predicted octanol–water partition coefficient (Wildman–Crippen LogP) is 4.59. The fourth-order valence-electron chi connectivity index (χ4n) is 3.43. The van der Waals surface area contributed by atoms with Crippen LogP contribution < -0.4 is 0 Å². The summed E-state index contributed by atoms with van der Waals surface area (Å²) in [6, 6.07) is 0. The molecular formula is C21H37N5. The first kappa shape index (κ1) is 20.7. The van der Waals surface area contributed by atoms with Crippen LogP contribution in [0.1, 0.15) is 74.9 Å². The van der Waals surface area contributed by atoms with Crippen LogP contribution in [0.25, 0.3) is 0 Å². The molecule has 2 N–H and O–H groups in total. The van der Waals surface area contributed by atoms with E-state index in [0.29, 0.717) is 0 Å². The number of imidazole rings is 2. The Labute approximate surface area is 159 Å². The molecule has 0 aromatic carbocycles. The van der Waals surface area contributed by atoms with Crippen LogP contribution in [-0.2, 0) is 12.8 Å². The van der Waals surface area contributed by atoms with Gasteiger partial charge in [-0.1, -0.05) is 32.6 Å². The van der Waals surface area contributed by atoms with Crippen LogP contribution in [0.5, 0.6) is 0 Å². The summed E-state index contributed by atoms with van der Waals surface area (Å²) in [5.41, 5.74) is 2.38. The molecular weight excluding hydrogens is 322 g/mol. The van der Waals surface area contributed by atoms with Gasteiger partial charge in [-0.3, -0.25) is 0 Å². The van der Waals surface area contributed by atoms with Gasteiger partial charge in [-0.25, -0.2) is 9.97 Å². The molecule has 0 fully saturated rings. The minimum atomic E-state index is 1.02. The van der Waals surface area contributed by atoms with Crippen molar-refractivity contribution in [3.05, 3.63) is 35.4 Å². The van der Waals surface area contributed by atoms with Crippen molar-refractivity contribution in [1.29, 1.82) is 0 Å². The van der Waals surface area contributed by atoms with E-state index >= 15 is 0 Å².